The van der Waals surface area contributed by atoms with E-state index in [-0.39, 0.29) is 11.4 Å². The Morgan fingerprint density at radius 2 is 2.09 bits per heavy atom. The molecule has 2 N–H and O–H groups in total. The maximum absolute atomic E-state index is 13.3. The second kappa shape index (κ2) is 10.6. The van der Waals surface area contributed by atoms with Crippen LogP contribution < -0.4 is 14.1 Å². The minimum absolute atomic E-state index is 0.227. The Bertz CT molecular complexity index is 1040. The lowest BCUT2D eigenvalue weighted by molar-refractivity contribution is -0.604. The largest absolute Gasteiger partial charge is 0.608 e. The summed E-state index contributed by atoms with van der Waals surface area (Å²) in [5.41, 5.74) is 1.39. The fraction of sp³-hybridized carbons (Fsp3) is 0.500. The van der Waals surface area contributed by atoms with Gasteiger partial charge in [0.2, 0.25) is 0 Å². The molecule has 1 saturated heterocycles. The van der Waals surface area contributed by atoms with E-state index in [4.69, 9.17) is 16.3 Å². The molecule has 0 radical (unpaired) electrons. The topological polar surface area (TPSA) is 121 Å². The predicted molar refractivity (Wildman–Crippen MR) is 122 cm³/mol. The van der Waals surface area contributed by atoms with E-state index < -0.39 is 26.8 Å². The molecular weight excluding hydrogens is 458 g/mol. The Balaban J connectivity index is 1.84. The number of amides is 2. The van der Waals surface area contributed by atoms with Crippen LogP contribution in [0.3, 0.4) is 0 Å². The molecule has 0 saturated carbocycles. The molecule has 1 aromatic carbocycles. The summed E-state index contributed by atoms with van der Waals surface area (Å²) in [6.07, 6.45) is 6.33. The third kappa shape index (κ3) is 5.78. The quantitative estimate of drug-likeness (QED) is 0.553. The number of hydrogen-bond donors (Lipinski definition) is 2. The van der Waals surface area contributed by atoms with Gasteiger partial charge in [0.25, 0.3) is 0 Å². The van der Waals surface area contributed by atoms with E-state index >= 15 is 0 Å². The molecule has 12 heteroatoms. The summed E-state index contributed by atoms with van der Waals surface area (Å²) >= 11 is 6.13. The summed E-state index contributed by atoms with van der Waals surface area (Å²) < 4.78 is 32.7. The number of anilines is 2. The van der Waals surface area contributed by atoms with Gasteiger partial charge in [0.1, 0.15) is 0 Å². The highest BCUT2D eigenvalue weighted by Crippen LogP contribution is 2.25. The second-order valence-corrected chi connectivity index (χ2v) is 9.86. The van der Waals surface area contributed by atoms with Gasteiger partial charge >= 0.3 is 16.2 Å². The number of unbranched alkanes of at least 4 members (excludes halogenated alkanes) is 1. The van der Waals surface area contributed by atoms with Crippen LogP contribution in [0.15, 0.2) is 30.6 Å². The van der Waals surface area contributed by atoms with Crippen molar-refractivity contribution in [3.05, 3.63) is 46.4 Å². The number of nitrogens with one attached hydrogen (secondary N) is 2. The number of rotatable bonds is 8. The van der Waals surface area contributed by atoms with Gasteiger partial charge in [0, 0.05) is 37.2 Å². The molecule has 1 aliphatic rings. The molecule has 1 atom stereocenters. The molecule has 1 aromatic heterocycles. The van der Waals surface area contributed by atoms with Gasteiger partial charge in [0.05, 0.1) is 17.9 Å². The molecule has 2 amide bonds. The lowest BCUT2D eigenvalue weighted by Crippen LogP contribution is -3.14. The highest BCUT2D eigenvalue weighted by molar-refractivity contribution is 7.86. The maximum atomic E-state index is 13.3. The molecule has 1 aliphatic heterocycles. The van der Waals surface area contributed by atoms with Gasteiger partial charge in [-0.1, -0.05) is 24.9 Å². The van der Waals surface area contributed by atoms with E-state index in [0.717, 1.165) is 29.1 Å². The first-order valence-corrected chi connectivity index (χ1v) is 12.3. The zero-order valence-electron chi connectivity index (χ0n) is 18.1. The number of benzene rings is 1. The summed E-state index contributed by atoms with van der Waals surface area (Å²) in [5, 5.41) is 19.6. The monoisotopic (exact) mass is 485 g/mol. The molecule has 176 valence electrons. The van der Waals surface area contributed by atoms with Crippen molar-refractivity contribution < 1.29 is 22.4 Å². The lowest BCUT2D eigenvalue weighted by Gasteiger charge is -2.35. The number of carbonyl (C=O) groups is 1. The summed E-state index contributed by atoms with van der Waals surface area (Å²) in [6, 6.07) is 3.19. The molecule has 1 unspecified atom stereocenters. The minimum Gasteiger partial charge on any atom is -0.608 e. The van der Waals surface area contributed by atoms with Crippen molar-refractivity contribution in [2.24, 2.45) is 7.05 Å². The Kier molecular flexibility index (Phi) is 8.12. The molecule has 0 spiro atoms. The van der Waals surface area contributed by atoms with Gasteiger partial charge in [-0.25, -0.2) is 9.10 Å². The van der Waals surface area contributed by atoms with Crippen molar-refractivity contribution in [3.8, 4) is 0 Å². The molecule has 2 heterocycles. The van der Waals surface area contributed by atoms with Crippen LogP contribution in [0.25, 0.3) is 0 Å². The number of urea groups is 1. The normalized spacial score (nSPS) is 16.0. The zero-order valence-corrected chi connectivity index (χ0v) is 19.7. The van der Waals surface area contributed by atoms with Gasteiger partial charge in [0.15, 0.2) is 0 Å². The first-order chi connectivity index (χ1) is 15.2. The molecular formula is C20H28ClN5O5S. The molecule has 1 fully saturated rings. The Hall–Kier alpha value is -2.18. The fourth-order valence-electron chi connectivity index (χ4n) is 3.62. The summed E-state index contributed by atoms with van der Waals surface area (Å²) in [5.74, 6) is 0. The number of halogens is 1. The van der Waals surface area contributed by atoms with Crippen LogP contribution in [0, 0.1) is 5.21 Å². The Morgan fingerprint density at radius 1 is 1.38 bits per heavy atom. The molecule has 10 nitrogen and oxygen atoms in total. The van der Waals surface area contributed by atoms with Gasteiger partial charge < -0.3 is 9.94 Å². The van der Waals surface area contributed by atoms with Crippen molar-refractivity contribution in [2.45, 2.75) is 45.1 Å². The van der Waals surface area contributed by atoms with Crippen molar-refractivity contribution in [2.75, 3.05) is 22.8 Å². The number of nitrogens with zero attached hydrogens (tertiary/aromatic N) is 3. The molecule has 0 aliphatic carbocycles. The molecule has 2 aromatic rings. The average Bonchev–Trinajstić information content (AvgIpc) is 3.17. The van der Waals surface area contributed by atoms with E-state index in [1.165, 1.54) is 23.1 Å². The van der Waals surface area contributed by atoms with Crippen molar-refractivity contribution in [1.29, 1.82) is 0 Å². The lowest BCUT2D eigenvalue weighted by atomic mass is 10.1. The van der Waals surface area contributed by atoms with Gasteiger partial charge in [-0.2, -0.15) is 18.0 Å². The van der Waals surface area contributed by atoms with E-state index in [2.05, 4.69) is 17.3 Å². The van der Waals surface area contributed by atoms with Crippen LogP contribution in [-0.2, 0) is 28.4 Å². The Labute approximate surface area is 192 Å². The van der Waals surface area contributed by atoms with E-state index in [1.54, 1.807) is 19.2 Å². The van der Waals surface area contributed by atoms with Gasteiger partial charge in [-0.05, 0) is 49.4 Å². The second-order valence-electron chi connectivity index (χ2n) is 7.71. The van der Waals surface area contributed by atoms with Gasteiger partial charge in [-0.15, -0.1) is 0 Å². The van der Waals surface area contributed by atoms with Crippen LogP contribution in [0.5, 0.6) is 0 Å². The number of aromatic nitrogens is 2. The van der Waals surface area contributed by atoms with Crippen LogP contribution in [0.2, 0.25) is 5.02 Å². The third-order valence-corrected chi connectivity index (χ3v) is 7.08. The molecule has 3 rings (SSSR count). The summed E-state index contributed by atoms with van der Waals surface area (Å²) in [7, 11) is -3.01. The maximum Gasteiger partial charge on any atom is 0.436 e. The summed E-state index contributed by atoms with van der Waals surface area (Å²) in [4.78, 5) is 12.7. The third-order valence-electron chi connectivity index (χ3n) is 5.18. The molecule has 0 bridgehead atoms. The van der Waals surface area contributed by atoms with E-state index in [9.17, 15) is 18.4 Å². The Morgan fingerprint density at radius 3 is 2.72 bits per heavy atom. The SMILES string of the molecule is CCCCc1cc(Cl)cc(NC(=O)[NH+]([O-])S(=O)(=O)N(c2cnn(C)c2)C2CCOCC2)c1. The van der Waals surface area contributed by atoms with Crippen LogP contribution in [-0.4, -0.2) is 43.5 Å². The predicted octanol–water partition coefficient (Wildman–Crippen LogP) is 2.26. The van der Waals surface area contributed by atoms with Crippen LogP contribution in [0.1, 0.15) is 38.2 Å². The smallest absolute Gasteiger partial charge is 0.436 e. The first-order valence-electron chi connectivity index (χ1n) is 10.5. The minimum atomic E-state index is -4.65. The highest BCUT2D eigenvalue weighted by atomic mass is 35.5. The molecule has 32 heavy (non-hydrogen) atoms. The number of aryl methyl sites for hydroxylation is 2. The summed E-state index contributed by atoms with van der Waals surface area (Å²) in [6.45, 7) is 2.78. The number of carbonyl (C=O) groups excluding carboxylic acids is 1. The van der Waals surface area contributed by atoms with E-state index in [0.29, 0.717) is 31.1 Å². The first kappa shape index (κ1) is 24.5. The van der Waals surface area contributed by atoms with Gasteiger partial charge in [-0.3, -0.25) is 10.00 Å². The van der Waals surface area contributed by atoms with Crippen molar-refractivity contribution >= 4 is 39.2 Å². The highest BCUT2D eigenvalue weighted by Gasteiger charge is 2.40. The van der Waals surface area contributed by atoms with E-state index in [1.807, 2.05) is 0 Å². The van der Waals surface area contributed by atoms with Crippen LogP contribution in [0.4, 0.5) is 16.2 Å². The number of quaternary nitrogens is 1. The van der Waals surface area contributed by atoms with Crippen LogP contribution >= 0.6 is 11.6 Å². The number of hydrogen-bond acceptors (Lipinski definition) is 6. The number of hydroxylamine groups is 1. The zero-order chi connectivity index (χ0) is 23.3. The number of ether oxygens (including phenoxy) is 1. The van der Waals surface area contributed by atoms with Crippen molar-refractivity contribution in [1.82, 2.24) is 9.78 Å². The average molecular weight is 486 g/mol. The standard InChI is InChI=1S/C20H28ClN5O5S/c1-3-4-5-15-10-16(21)12-17(11-15)23-20(27)26(28)32(29,30)25(18-6-8-31-9-7-18)19-13-22-24(2)14-19/h10-14,18,26H,3-9H2,1-2H3,(H,23,27). The fourth-order valence-corrected chi connectivity index (χ4v) is 5.32. The van der Waals surface area contributed by atoms with Crippen molar-refractivity contribution in [3.63, 3.8) is 0 Å².